The summed E-state index contributed by atoms with van der Waals surface area (Å²) in [6, 6.07) is 21.0. The van der Waals surface area contributed by atoms with Crippen molar-refractivity contribution in [3.63, 3.8) is 0 Å². The maximum atomic E-state index is 13.3. The number of hydrogen-bond acceptors (Lipinski definition) is 6. The lowest BCUT2D eigenvalue weighted by Gasteiger charge is -2.29. The van der Waals surface area contributed by atoms with E-state index in [1.54, 1.807) is 32.2 Å². The van der Waals surface area contributed by atoms with E-state index in [2.05, 4.69) is 17.0 Å². The quantitative estimate of drug-likeness (QED) is 0.432. The number of ether oxygens (including phenoxy) is 3. The Morgan fingerprint density at radius 1 is 0.969 bits per heavy atom. The lowest BCUT2D eigenvalue weighted by atomic mass is 10.1. The first-order valence-electron chi connectivity index (χ1n) is 10.4. The van der Waals surface area contributed by atoms with Crippen LogP contribution in [0.25, 0.3) is 11.0 Å². The van der Waals surface area contributed by atoms with Crippen molar-refractivity contribution >= 4 is 11.0 Å². The average Bonchev–Trinajstić information content (AvgIpc) is 2.82. The second kappa shape index (κ2) is 8.40. The largest absolute Gasteiger partial charge is 0.493 e. The molecule has 0 saturated heterocycles. The summed E-state index contributed by atoms with van der Waals surface area (Å²) in [5, 5.41) is 0.462. The zero-order valence-electron chi connectivity index (χ0n) is 18.0. The molecular weight excluding hydrogens is 406 g/mol. The predicted octanol–water partition coefficient (Wildman–Crippen LogP) is 5.25. The second-order valence-electron chi connectivity index (χ2n) is 7.73. The molecule has 32 heavy (non-hydrogen) atoms. The van der Waals surface area contributed by atoms with Crippen molar-refractivity contribution in [2.45, 2.75) is 20.0 Å². The number of benzene rings is 3. The van der Waals surface area contributed by atoms with Crippen molar-refractivity contribution in [3.8, 4) is 23.0 Å². The number of aryl methyl sites for hydroxylation is 1. The fourth-order valence-electron chi connectivity index (χ4n) is 3.98. The molecular formula is C26H23NO5. The molecule has 2 heterocycles. The summed E-state index contributed by atoms with van der Waals surface area (Å²) in [4.78, 5) is 15.5. The van der Waals surface area contributed by atoms with Crippen LogP contribution in [0.1, 0.15) is 16.9 Å². The molecule has 0 bridgehead atoms. The average molecular weight is 429 g/mol. The minimum absolute atomic E-state index is 0.153. The number of rotatable bonds is 5. The van der Waals surface area contributed by atoms with Crippen molar-refractivity contribution in [1.82, 2.24) is 4.90 Å². The minimum Gasteiger partial charge on any atom is -0.493 e. The molecule has 5 rings (SSSR count). The molecule has 0 amide bonds. The van der Waals surface area contributed by atoms with E-state index < -0.39 is 0 Å². The smallest absolute Gasteiger partial charge is 0.235 e. The number of hydrogen-bond donors (Lipinski definition) is 0. The Bertz CT molecular complexity index is 1330. The summed E-state index contributed by atoms with van der Waals surface area (Å²) in [6.45, 7) is 3.58. The highest BCUT2D eigenvalue weighted by Crippen LogP contribution is 2.36. The normalized spacial score (nSPS) is 13.4. The van der Waals surface area contributed by atoms with Crippen LogP contribution >= 0.6 is 0 Å². The van der Waals surface area contributed by atoms with Crippen LogP contribution in [0.3, 0.4) is 0 Å². The van der Waals surface area contributed by atoms with Crippen molar-refractivity contribution in [2.75, 3.05) is 13.8 Å². The van der Waals surface area contributed by atoms with Crippen molar-refractivity contribution in [1.29, 1.82) is 0 Å². The van der Waals surface area contributed by atoms with Gasteiger partial charge in [0.2, 0.25) is 11.2 Å². The first-order chi connectivity index (χ1) is 15.6. The van der Waals surface area contributed by atoms with Gasteiger partial charge in [-0.15, -0.1) is 0 Å². The van der Waals surface area contributed by atoms with E-state index in [9.17, 15) is 4.79 Å². The summed E-state index contributed by atoms with van der Waals surface area (Å²) in [7, 11) is 1.56. The molecule has 1 aromatic heterocycles. The number of nitrogens with zero attached hydrogens (tertiary/aromatic N) is 1. The van der Waals surface area contributed by atoms with E-state index in [0.29, 0.717) is 41.5 Å². The molecule has 0 radical (unpaired) electrons. The number of fused-ring (bicyclic) bond motifs is 3. The molecule has 0 aliphatic carbocycles. The van der Waals surface area contributed by atoms with E-state index in [1.165, 1.54) is 5.56 Å². The first kappa shape index (κ1) is 20.2. The third-order valence-corrected chi connectivity index (χ3v) is 5.56. The Hall–Kier alpha value is -3.77. The maximum Gasteiger partial charge on any atom is 0.235 e. The molecule has 3 aromatic carbocycles. The molecule has 0 saturated carbocycles. The van der Waals surface area contributed by atoms with Gasteiger partial charge in [-0.3, -0.25) is 9.69 Å². The molecule has 0 N–H and O–H groups in total. The fourth-order valence-corrected chi connectivity index (χ4v) is 3.98. The van der Waals surface area contributed by atoms with Gasteiger partial charge in [0, 0.05) is 13.1 Å². The van der Waals surface area contributed by atoms with Gasteiger partial charge in [0.25, 0.3) is 0 Å². The topological polar surface area (TPSA) is 61.1 Å². The second-order valence-corrected chi connectivity index (χ2v) is 7.73. The van der Waals surface area contributed by atoms with Gasteiger partial charge >= 0.3 is 0 Å². The Morgan fingerprint density at radius 3 is 2.50 bits per heavy atom. The summed E-state index contributed by atoms with van der Waals surface area (Å²) in [6.07, 6.45) is 0. The Kier molecular flexibility index (Phi) is 5.29. The highest BCUT2D eigenvalue weighted by Gasteiger charge is 2.24. The highest BCUT2D eigenvalue weighted by atomic mass is 16.5. The predicted molar refractivity (Wildman–Crippen MR) is 121 cm³/mol. The van der Waals surface area contributed by atoms with Crippen molar-refractivity contribution in [3.05, 3.63) is 93.8 Å². The van der Waals surface area contributed by atoms with E-state index in [0.717, 1.165) is 17.9 Å². The third-order valence-electron chi connectivity index (χ3n) is 5.56. The third kappa shape index (κ3) is 3.69. The molecule has 162 valence electrons. The molecule has 4 aromatic rings. The van der Waals surface area contributed by atoms with Crippen LogP contribution in [0, 0.1) is 6.92 Å². The first-order valence-corrected chi connectivity index (χ1v) is 10.4. The Labute approximate surface area is 185 Å². The summed E-state index contributed by atoms with van der Waals surface area (Å²) < 4.78 is 23.4. The van der Waals surface area contributed by atoms with Crippen LogP contribution in [-0.4, -0.2) is 18.7 Å². The molecule has 0 atom stereocenters. The van der Waals surface area contributed by atoms with Crippen LogP contribution in [0.2, 0.25) is 0 Å². The van der Waals surface area contributed by atoms with Gasteiger partial charge in [0.05, 0.1) is 18.1 Å². The van der Waals surface area contributed by atoms with Crippen LogP contribution in [0.4, 0.5) is 0 Å². The van der Waals surface area contributed by atoms with Gasteiger partial charge in [-0.1, -0.05) is 42.5 Å². The zero-order valence-corrected chi connectivity index (χ0v) is 18.0. The van der Waals surface area contributed by atoms with E-state index in [1.807, 2.05) is 36.4 Å². The Balaban J connectivity index is 1.52. The molecule has 6 heteroatoms. The molecule has 0 spiro atoms. The molecule has 1 aliphatic rings. The Morgan fingerprint density at radius 2 is 1.72 bits per heavy atom. The lowest BCUT2D eigenvalue weighted by Crippen LogP contribution is -2.31. The van der Waals surface area contributed by atoms with Crippen LogP contribution in [0.15, 0.2) is 75.9 Å². The SMILES string of the molecule is COc1ccccc1Oc1c(C)oc2c3c(ccc2c1=O)OCN(Cc1ccccc1)C3. The van der Waals surface area contributed by atoms with E-state index in [-0.39, 0.29) is 11.2 Å². The minimum atomic E-state index is -0.224. The lowest BCUT2D eigenvalue weighted by molar-refractivity contribution is 0.0889. The van der Waals surface area contributed by atoms with Crippen molar-refractivity contribution in [2.24, 2.45) is 0 Å². The van der Waals surface area contributed by atoms with Gasteiger partial charge in [-0.25, -0.2) is 0 Å². The number of para-hydroxylation sites is 2. The van der Waals surface area contributed by atoms with Crippen molar-refractivity contribution < 1.29 is 18.6 Å². The summed E-state index contributed by atoms with van der Waals surface area (Å²) in [5.41, 5.74) is 2.38. The van der Waals surface area contributed by atoms with Gasteiger partial charge in [0.15, 0.2) is 11.5 Å². The van der Waals surface area contributed by atoms with Gasteiger partial charge in [0.1, 0.15) is 23.8 Å². The van der Waals surface area contributed by atoms with Crippen LogP contribution < -0.4 is 19.6 Å². The van der Waals surface area contributed by atoms with E-state index in [4.69, 9.17) is 18.6 Å². The van der Waals surface area contributed by atoms with Gasteiger partial charge < -0.3 is 18.6 Å². The van der Waals surface area contributed by atoms with E-state index >= 15 is 0 Å². The summed E-state index contributed by atoms with van der Waals surface area (Å²) in [5.74, 6) is 2.30. The van der Waals surface area contributed by atoms with Crippen LogP contribution in [-0.2, 0) is 13.1 Å². The zero-order chi connectivity index (χ0) is 22.1. The molecule has 0 fully saturated rings. The van der Waals surface area contributed by atoms with Crippen LogP contribution in [0.5, 0.6) is 23.0 Å². The highest BCUT2D eigenvalue weighted by molar-refractivity contribution is 5.83. The summed E-state index contributed by atoms with van der Waals surface area (Å²) >= 11 is 0. The molecule has 0 unspecified atom stereocenters. The monoisotopic (exact) mass is 429 g/mol. The molecule has 6 nitrogen and oxygen atoms in total. The standard InChI is InChI=1S/C26H23NO5/c1-17-25(32-23-11-7-6-10-22(23)29-2)24(28)19-12-13-21-20(26(19)31-17)15-27(16-30-21)14-18-8-4-3-5-9-18/h3-13H,14-16H2,1-2H3. The molecule has 1 aliphatic heterocycles. The van der Waals surface area contributed by atoms with Gasteiger partial charge in [-0.05, 0) is 36.8 Å². The fraction of sp³-hybridized carbons (Fsp3) is 0.192. The van der Waals surface area contributed by atoms with Gasteiger partial charge in [-0.2, -0.15) is 0 Å². The maximum absolute atomic E-state index is 13.3. The number of methoxy groups -OCH3 is 1.